The summed E-state index contributed by atoms with van der Waals surface area (Å²) in [7, 11) is 0. The predicted octanol–water partition coefficient (Wildman–Crippen LogP) is 3.41. The lowest BCUT2D eigenvalue weighted by molar-refractivity contribution is -0.138. The van der Waals surface area contributed by atoms with Crippen LogP contribution in [0.4, 0.5) is 4.79 Å². The number of esters is 1. The lowest BCUT2D eigenvalue weighted by Gasteiger charge is -2.11. The van der Waals surface area contributed by atoms with E-state index in [1.807, 2.05) is 13.0 Å². The van der Waals surface area contributed by atoms with Crippen molar-refractivity contribution >= 4 is 35.0 Å². The molecule has 0 atom stereocenters. The lowest BCUT2D eigenvalue weighted by atomic mass is 10.1. The molecule has 2 fully saturated rings. The fourth-order valence-corrected chi connectivity index (χ4v) is 3.48. The highest BCUT2D eigenvalue weighted by molar-refractivity contribution is 8.18. The van der Waals surface area contributed by atoms with Crippen molar-refractivity contribution < 1.29 is 19.1 Å². The number of benzene rings is 1. The van der Waals surface area contributed by atoms with Gasteiger partial charge in [0.25, 0.3) is 11.1 Å². The van der Waals surface area contributed by atoms with Gasteiger partial charge in [0.15, 0.2) is 0 Å². The number of carbonyl (C=O) groups excluding carboxylic acids is 3. The molecule has 3 rings (SSSR count). The van der Waals surface area contributed by atoms with E-state index in [1.54, 1.807) is 18.2 Å². The van der Waals surface area contributed by atoms with Crippen LogP contribution in [0.5, 0.6) is 5.75 Å². The Morgan fingerprint density at radius 1 is 1.30 bits per heavy atom. The highest BCUT2D eigenvalue weighted by Crippen LogP contribution is 2.29. The Labute approximate surface area is 138 Å². The van der Waals surface area contributed by atoms with E-state index in [-0.39, 0.29) is 23.0 Å². The van der Waals surface area contributed by atoms with Crippen molar-refractivity contribution in [3.05, 3.63) is 34.2 Å². The first-order chi connectivity index (χ1) is 11.0. The maximum atomic E-state index is 12.1. The zero-order valence-corrected chi connectivity index (χ0v) is 13.6. The number of amides is 2. The standard InChI is InChI=1S/C17H17NO4S/c1-10-8-11(9-14-15(19)18-17(21)23-14)6-7-13(10)22-16(20)12-4-2-3-5-12/h6-9,12H,2-5H2,1H3,(H,18,19,21)/b14-9-. The van der Waals surface area contributed by atoms with E-state index in [4.69, 9.17) is 4.74 Å². The van der Waals surface area contributed by atoms with Crippen LogP contribution >= 0.6 is 11.8 Å². The van der Waals surface area contributed by atoms with Crippen LogP contribution in [-0.2, 0) is 9.59 Å². The first-order valence-electron chi connectivity index (χ1n) is 7.60. The minimum atomic E-state index is -0.380. The molecule has 1 aromatic rings. The molecule has 1 saturated carbocycles. The van der Waals surface area contributed by atoms with Crippen molar-refractivity contribution in [2.45, 2.75) is 32.6 Å². The largest absolute Gasteiger partial charge is 0.426 e. The lowest BCUT2D eigenvalue weighted by Crippen LogP contribution is -2.18. The third kappa shape index (κ3) is 3.64. The molecule has 2 amide bonds. The minimum Gasteiger partial charge on any atom is -0.426 e. The van der Waals surface area contributed by atoms with Gasteiger partial charge in [0.05, 0.1) is 10.8 Å². The fraction of sp³-hybridized carbons (Fsp3) is 0.353. The summed E-state index contributed by atoms with van der Waals surface area (Å²) in [5.74, 6) is 0.0202. The average Bonchev–Trinajstić information content (AvgIpc) is 3.12. The monoisotopic (exact) mass is 331 g/mol. The molecular formula is C17H17NO4S. The van der Waals surface area contributed by atoms with Gasteiger partial charge in [-0.25, -0.2) is 0 Å². The normalized spacial score (nSPS) is 20.1. The number of hydrogen-bond acceptors (Lipinski definition) is 5. The molecule has 23 heavy (non-hydrogen) atoms. The molecule has 0 unspecified atom stereocenters. The van der Waals surface area contributed by atoms with Crippen LogP contribution in [0.25, 0.3) is 6.08 Å². The smallest absolute Gasteiger partial charge is 0.314 e. The van der Waals surface area contributed by atoms with Gasteiger partial charge in [-0.05, 0) is 60.9 Å². The van der Waals surface area contributed by atoms with Gasteiger partial charge in [-0.3, -0.25) is 19.7 Å². The van der Waals surface area contributed by atoms with Crippen LogP contribution in [0.15, 0.2) is 23.1 Å². The first kappa shape index (κ1) is 15.8. The molecule has 1 heterocycles. The molecule has 1 aromatic carbocycles. The van der Waals surface area contributed by atoms with Gasteiger partial charge in [0.2, 0.25) is 0 Å². The summed E-state index contributed by atoms with van der Waals surface area (Å²) >= 11 is 0.882. The van der Waals surface area contributed by atoms with Gasteiger partial charge >= 0.3 is 5.97 Å². The molecule has 0 bridgehead atoms. The fourth-order valence-electron chi connectivity index (χ4n) is 2.80. The van der Waals surface area contributed by atoms with E-state index in [2.05, 4.69) is 5.32 Å². The average molecular weight is 331 g/mol. The van der Waals surface area contributed by atoms with E-state index in [0.29, 0.717) is 10.7 Å². The number of carbonyl (C=O) groups is 3. The van der Waals surface area contributed by atoms with Crippen LogP contribution in [0.1, 0.15) is 36.8 Å². The van der Waals surface area contributed by atoms with Gasteiger partial charge in [-0.1, -0.05) is 18.9 Å². The van der Waals surface area contributed by atoms with Crippen LogP contribution in [0.2, 0.25) is 0 Å². The quantitative estimate of drug-likeness (QED) is 0.522. The Morgan fingerprint density at radius 3 is 2.65 bits per heavy atom. The Balaban J connectivity index is 1.73. The number of aryl methyl sites for hydroxylation is 1. The second-order valence-electron chi connectivity index (χ2n) is 5.78. The van der Waals surface area contributed by atoms with Crippen LogP contribution in [-0.4, -0.2) is 17.1 Å². The van der Waals surface area contributed by atoms with E-state index in [9.17, 15) is 14.4 Å². The third-order valence-corrected chi connectivity index (χ3v) is 4.85. The number of rotatable bonds is 3. The molecule has 120 valence electrons. The summed E-state index contributed by atoms with van der Waals surface area (Å²) in [6.07, 6.45) is 5.64. The zero-order chi connectivity index (χ0) is 16.4. The van der Waals surface area contributed by atoms with E-state index in [0.717, 1.165) is 48.6 Å². The van der Waals surface area contributed by atoms with Gasteiger partial charge in [-0.15, -0.1) is 0 Å². The van der Waals surface area contributed by atoms with Crippen LogP contribution < -0.4 is 10.1 Å². The first-order valence-corrected chi connectivity index (χ1v) is 8.42. The number of ether oxygens (including phenoxy) is 1. The summed E-state index contributed by atoms with van der Waals surface area (Å²) in [6.45, 7) is 1.85. The summed E-state index contributed by atoms with van der Waals surface area (Å²) in [5.41, 5.74) is 1.61. The molecule has 0 spiro atoms. The molecule has 0 radical (unpaired) electrons. The van der Waals surface area contributed by atoms with Crippen LogP contribution in [0, 0.1) is 12.8 Å². The molecule has 1 aliphatic carbocycles. The summed E-state index contributed by atoms with van der Waals surface area (Å²) in [6, 6.07) is 5.34. The van der Waals surface area contributed by atoms with Crippen molar-refractivity contribution in [2.24, 2.45) is 5.92 Å². The number of hydrogen-bond donors (Lipinski definition) is 1. The number of nitrogens with one attached hydrogen (secondary N) is 1. The molecule has 0 aromatic heterocycles. The van der Waals surface area contributed by atoms with Crippen molar-refractivity contribution in [3.8, 4) is 5.75 Å². The number of thioether (sulfide) groups is 1. The zero-order valence-electron chi connectivity index (χ0n) is 12.8. The third-order valence-electron chi connectivity index (χ3n) is 4.04. The van der Waals surface area contributed by atoms with Gasteiger partial charge in [-0.2, -0.15) is 0 Å². The topological polar surface area (TPSA) is 72.5 Å². The maximum absolute atomic E-state index is 12.1. The second kappa shape index (κ2) is 6.58. The maximum Gasteiger partial charge on any atom is 0.314 e. The highest BCUT2D eigenvalue weighted by Gasteiger charge is 2.26. The summed E-state index contributed by atoms with van der Waals surface area (Å²) < 4.78 is 5.49. The van der Waals surface area contributed by atoms with Crippen molar-refractivity contribution in [1.29, 1.82) is 0 Å². The van der Waals surface area contributed by atoms with Crippen LogP contribution in [0.3, 0.4) is 0 Å². The Hall–Kier alpha value is -2.08. The van der Waals surface area contributed by atoms with Crippen molar-refractivity contribution in [1.82, 2.24) is 5.32 Å². The molecule has 1 saturated heterocycles. The molecule has 5 nitrogen and oxygen atoms in total. The molecule has 1 N–H and O–H groups in total. The Morgan fingerprint density at radius 2 is 2.04 bits per heavy atom. The summed E-state index contributed by atoms with van der Waals surface area (Å²) in [5, 5.41) is 1.86. The molecular weight excluding hydrogens is 314 g/mol. The van der Waals surface area contributed by atoms with Gasteiger partial charge < -0.3 is 4.74 Å². The Bertz CT molecular complexity index is 705. The van der Waals surface area contributed by atoms with Gasteiger partial charge in [0.1, 0.15) is 5.75 Å². The SMILES string of the molecule is Cc1cc(/C=C2\SC(=O)NC2=O)ccc1OC(=O)C1CCCC1. The highest BCUT2D eigenvalue weighted by atomic mass is 32.2. The van der Waals surface area contributed by atoms with E-state index >= 15 is 0 Å². The molecule has 2 aliphatic rings. The van der Waals surface area contributed by atoms with Gasteiger partial charge in [0, 0.05) is 0 Å². The van der Waals surface area contributed by atoms with E-state index < -0.39 is 0 Å². The molecule has 1 aliphatic heterocycles. The minimum absolute atomic E-state index is 0.0146. The summed E-state index contributed by atoms with van der Waals surface area (Å²) in [4.78, 5) is 35.1. The van der Waals surface area contributed by atoms with Crippen molar-refractivity contribution in [2.75, 3.05) is 0 Å². The molecule has 6 heteroatoms. The van der Waals surface area contributed by atoms with Crippen molar-refractivity contribution in [3.63, 3.8) is 0 Å². The Kier molecular flexibility index (Phi) is 4.52. The van der Waals surface area contributed by atoms with E-state index in [1.165, 1.54) is 0 Å². The second-order valence-corrected chi connectivity index (χ2v) is 6.79. The number of imide groups is 1. The predicted molar refractivity (Wildman–Crippen MR) is 87.9 cm³/mol.